The molecule has 9 heteroatoms. The first kappa shape index (κ1) is 21.4. The molecule has 1 unspecified atom stereocenters. The summed E-state index contributed by atoms with van der Waals surface area (Å²) in [5, 5.41) is 7.04. The van der Waals surface area contributed by atoms with Crippen LogP contribution in [0.4, 0.5) is 0 Å². The Labute approximate surface area is 177 Å². The van der Waals surface area contributed by atoms with Crippen LogP contribution < -0.4 is 5.32 Å². The molecule has 3 aromatic heterocycles. The molecule has 1 atom stereocenters. The molecule has 3 heterocycles. The molecule has 1 N–H and O–H groups in total. The van der Waals surface area contributed by atoms with E-state index < -0.39 is 12.1 Å². The average Bonchev–Trinajstić information content (AvgIpc) is 3.31. The molecule has 0 saturated heterocycles. The Morgan fingerprint density at radius 2 is 1.97 bits per heavy atom. The van der Waals surface area contributed by atoms with Crippen molar-refractivity contribution in [3.05, 3.63) is 63.2 Å². The lowest BCUT2D eigenvalue weighted by atomic mass is 10.2. The number of aryl methyl sites for hydroxylation is 2. The number of nitrogens with zero attached hydrogens (tertiary/aromatic N) is 3. The molecule has 156 valence electrons. The lowest BCUT2D eigenvalue weighted by Crippen LogP contribution is -2.24. The monoisotopic (exact) mass is 426 g/mol. The van der Waals surface area contributed by atoms with Gasteiger partial charge in [-0.2, -0.15) is 5.10 Å². The molecule has 0 spiro atoms. The number of esters is 1. The molecular formula is C21H22N4O4S. The van der Waals surface area contributed by atoms with Gasteiger partial charge in [0.2, 0.25) is 11.7 Å². The summed E-state index contributed by atoms with van der Waals surface area (Å²) in [6.45, 7) is 7.13. The van der Waals surface area contributed by atoms with Crippen LogP contribution in [0.5, 0.6) is 0 Å². The van der Waals surface area contributed by atoms with Crippen LogP contribution in [0, 0.1) is 13.8 Å². The van der Waals surface area contributed by atoms with Crippen LogP contribution in [0.3, 0.4) is 0 Å². The predicted molar refractivity (Wildman–Crippen MR) is 112 cm³/mol. The topological polar surface area (TPSA) is 103 Å². The lowest BCUT2D eigenvalue weighted by molar-refractivity contribution is -0.119. The molecule has 0 bridgehead atoms. The molecular weight excluding hydrogens is 404 g/mol. The number of rotatable bonds is 7. The number of thiophene rings is 1. The van der Waals surface area contributed by atoms with E-state index in [2.05, 4.69) is 15.4 Å². The molecule has 3 aromatic rings. The van der Waals surface area contributed by atoms with Crippen LogP contribution in [0.1, 0.15) is 50.1 Å². The summed E-state index contributed by atoms with van der Waals surface area (Å²) in [6.07, 6.45) is 0.461. The summed E-state index contributed by atoms with van der Waals surface area (Å²) in [5.41, 5.74) is 2.06. The first-order valence-corrected chi connectivity index (χ1v) is 10.1. The fourth-order valence-corrected chi connectivity index (χ4v) is 3.76. The molecule has 0 aliphatic heterocycles. The van der Waals surface area contributed by atoms with Gasteiger partial charge in [-0.15, -0.1) is 11.3 Å². The van der Waals surface area contributed by atoms with E-state index >= 15 is 0 Å². The van der Waals surface area contributed by atoms with Crippen LogP contribution >= 0.6 is 11.3 Å². The van der Waals surface area contributed by atoms with E-state index in [9.17, 15) is 14.4 Å². The number of ether oxygens (including phenoxy) is 1. The van der Waals surface area contributed by atoms with Gasteiger partial charge in [0.1, 0.15) is 0 Å². The number of Topliss-reactive ketones (excluding diaryl/α,β-unsaturated/α-hetero) is 1. The second kappa shape index (κ2) is 9.00. The van der Waals surface area contributed by atoms with Gasteiger partial charge in [-0.3, -0.25) is 9.59 Å². The zero-order chi connectivity index (χ0) is 21.8. The smallest absolute Gasteiger partial charge is 0.340 e. The molecule has 1 amide bonds. The van der Waals surface area contributed by atoms with Crippen LogP contribution in [0.2, 0.25) is 0 Å². The standard InChI is InChI=1S/C21H22N4O4S/c1-12-9-13(2)25(24-12)19-8-5-16(10-23-19)21(28)29-14(3)20(27)18-7-6-17(30-18)11-22-15(4)26/h5-10,14H,11H2,1-4H3,(H,22,26). The second-order valence-corrected chi connectivity index (χ2v) is 8.00. The van der Waals surface area contributed by atoms with Gasteiger partial charge >= 0.3 is 5.97 Å². The number of nitrogens with one attached hydrogen (secondary N) is 1. The van der Waals surface area contributed by atoms with Gasteiger partial charge in [0.25, 0.3) is 0 Å². The van der Waals surface area contributed by atoms with Crippen molar-refractivity contribution in [2.75, 3.05) is 0 Å². The molecule has 0 fully saturated rings. The minimum Gasteiger partial charge on any atom is -0.451 e. The number of carbonyl (C=O) groups excluding carboxylic acids is 3. The Kier molecular flexibility index (Phi) is 6.41. The van der Waals surface area contributed by atoms with E-state index in [0.29, 0.717) is 17.2 Å². The number of hydrogen-bond donors (Lipinski definition) is 1. The van der Waals surface area contributed by atoms with Crippen LogP contribution in [0.15, 0.2) is 36.5 Å². The third kappa shape index (κ3) is 4.98. The SMILES string of the molecule is CC(=O)NCc1ccc(C(=O)C(C)OC(=O)c2ccc(-n3nc(C)cc3C)nc2)s1. The van der Waals surface area contributed by atoms with Crippen molar-refractivity contribution in [3.8, 4) is 5.82 Å². The highest BCUT2D eigenvalue weighted by Crippen LogP contribution is 2.20. The maximum Gasteiger partial charge on any atom is 0.340 e. The van der Waals surface area contributed by atoms with E-state index in [0.717, 1.165) is 16.3 Å². The summed E-state index contributed by atoms with van der Waals surface area (Å²) in [5.74, 6) is -0.476. The fraction of sp³-hybridized carbons (Fsp3) is 0.286. The first-order valence-electron chi connectivity index (χ1n) is 9.32. The van der Waals surface area contributed by atoms with E-state index in [1.807, 2.05) is 19.9 Å². The van der Waals surface area contributed by atoms with E-state index in [-0.39, 0.29) is 17.3 Å². The molecule has 0 aromatic carbocycles. The minimum atomic E-state index is -0.944. The highest BCUT2D eigenvalue weighted by molar-refractivity contribution is 7.14. The number of hydrogen-bond acceptors (Lipinski definition) is 7. The van der Waals surface area contributed by atoms with Crippen molar-refractivity contribution >= 4 is 29.0 Å². The van der Waals surface area contributed by atoms with Gasteiger partial charge in [0, 0.05) is 23.7 Å². The van der Waals surface area contributed by atoms with Crippen molar-refractivity contribution in [2.45, 2.75) is 40.3 Å². The summed E-state index contributed by atoms with van der Waals surface area (Å²) in [4.78, 5) is 41.6. The average molecular weight is 426 g/mol. The Morgan fingerprint density at radius 3 is 2.57 bits per heavy atom. The quantitative estimate of drug-likeness (QED) is 0.460. The zero-order valence-electron chi connectivity index (χ0n) is 17.1. The number of ketones is 1. The number of aromatic nitrogens is 3. The molecule has 0 aliphatic carbocycles. The molecule has 0 saturated carbocycles. The van der Waals surface area contributed by atoms with Gasteiger partial charge in [-0.1, -0.05) is 0 Å². The Bertz CT molecular complexity index is 1080. The van der Waals surface area contributed by atoms with Crippen molar-refractivity contribution in [1.82, 2.24) is 20.1 Å². The lowest BCUT2D eigenvalue weighted by Gasteiger charge is -2.11. The summed E-state index contributed by atoms with van der Waals surface area (Å²) in [7, 11) is 0. The van der Waals surface area contributed by atoms with E-state index in [4.69, 9.17) is 4.74 Å². The van der Waals surface area contributed by atoms with Crippen molar-refractivity contribution < 1.29 is 19.1 Å². The van der Waals surface area contributed by atoms with Crippen molar-refractivity contribution in [3.63, 3.8) is 0 Å². The van der Waals surface area contributed by atoms with Gasteiger partial charge in [0.05, 0.1) is 22.7 Å². The van der Waals surface area contributed by atoms with Gasteiger partial charge < -0.3 is 10.1 Å². The highest BCUT2D eigenvalue weighted by Gasteiger charge is 2.22. The van der Waals surface area contributed by atoms with E-state index in [1.165, 1.54) is 31.4 Å². The number of pyridine rings is 1. The van der Waals surface area contributed by atoms with Crippen LogP contribution in [-0.4, -0.2) is 38.5 Å². The molecule has 0 aliphatic rings. The van der Waals surface area contributed by atoms with E-state index in [1.54, 1.807) is 28.9 Å². The summed E-state index contributed by atoms with van der Waals surface area (Å²) < 4.78 is 7.01. The summed E-state index contributed by atoms with van der Waals surface area (Å²) in [6, 6.07) is 8.64. The minimum absolute atomic E-state index is 0.143. The van der Waals surface area contributed by atoms with Crippen molar-refractivity contribution in [1.29, 1.82) is 0 Å². The Morgan fingerprint density at radius 1 is 1.20 bits per heavy atom. The molecule has 30 heavy (non-hydrogen) atoms. The van der Waals surface area contributed by atoms with Gasteiger partial charge in [-0.05, 0) is 51.1 Å². The zero-order valence-corrected chi connectivity index (χ0v) is 17.9. The normalized spacial score (nSPS) is 11.7. The van der Waals surface area contributed by atoms with Crippen molar-refractivity contribution in [2.24, 2.45) is 0 Å². The van der Waals surface area contributed by atoms with Gasteiger partial charge in [-0.25, -0.2) is 14.5 Å². The largest absolute Gasteiger partial charge is 0.451 e. The third-order valence-corrected chi connectivity index (χ3v) is 5.38. The number of carbonyl (C=O) groups is 3. The molecule has 0 radical (unpaired) electrons. The second-order valence-electron chi connectivity index (χ2n) is 6.83. The number of amides is 1. The maximum atomic E-state index is 12.6. The van der Waals surface area contributed by atoms with Gasteiger partial charge in [0.15, 0.2) is 11.9 Å². The predicted octanol–water partition coefficient (Wildman–Crippen LogP) is 3.01. The Balaban J connectivity index is 1.63. The fourth-order valence-electron chi connectivity index (χ4n) is 2.79. The molecule has 3 rings (SSSR count). The van der Waals surface area contributed by atoms with Crippen LogP contribution in [-0.2, 0) is 16.1 Å². The first-order chi connectivity index (χ1) is 14.2. The maximum absolute atomic E-state index is 12.6. The third-order valence-electron chi connectivity index (χ3n) is 4.28. The van der Waals surface area contributed by atoms with Crippen LogP contribution in [0.25, 0.3) is 5.82 Å². The highest BCUT2D eigenvalue weighted by atomic mass is 32.1. The summed E-state index contributed by atoms with van der Waals surface area (Å²) >= 11 is 1.26. The Hall–Kier alpha value is -3.33. The molecule has 8 nitrogen and oxygen atoms in total.